The fourth-order valence-electron chi connectivity index (χ4n) is 1.04. The Morgan fingerprint density at radius 3 is 3.07 bits per heavy atom. The second-order valence-corrected chi connectivity index (χ2v) is 2.70. The predicted octanol–water partition coefficient (Wildman–Crippen LogP) is 0.105. The van der Waals surface area contributed by atoms with Crippen LogP contribution in [0.4, 0.5) is 5.82 Å². The van der Waals surface area contributed by atoms with Crippen molar-refractivity contribution < 1.29 is 0 Å². The van der Waals surface area contributed by atoms with Gasteiger partial charge in [-0.15, -0.1) is 0 Å². The maximum absolute atomic E-state index is 11.2. The van der Waals surface area contributed by atoms with Gasteiger partial charge in [-0.25, -0.2) is 9.97 Å². The van der Waals surface area contributed by atoms with E-state index in [-0.39, 0.29) is 5.56 Å². The third-order valence-corrected chi connectivity index (χ3v) is 1.71. The van der Waals surface area contributed by atoms with E-state index in [0.717, 1.165) is 5.69 Å². The Kier molecular flexibility index (Phi) is 2.26. The largest absolute Gasteiger partial charge is 0.360 e. The number of hydrogen-bond acceptors (Lipinski definition) is 4. The molecule has 0 aliphatic carbocycles. The van der Waals surface area contributed by atoms with Gasteiger partial charge in [0.2, 0.25) is 0 Å². The molecule has 2 aromatic heterocycles. The van der Waals surface area contributed by atoms with E-state index < -0.39 is 0 Å². The quantitative estimate of drug-likeness (QED) is 0.642. The Labute approximate surface area is 79.4 Å². The first-order valence-electron chi connectivity index (χ1n) is 4.11. The van der Waals surface area contributed by atoms with Crippen LogP contribution in [0.3, 0.4) is 0 Å². The summed E-state index contributed by atoms with van der Waals surface area (Å²) in [6, 6.07) is 0. The van der Waals surface area contributed by atoms with Crippen molar-refractivity contribution in [3.8, 4) is 0 Å². The Bertz CT molecular complexity index is 447. The number of nitrogens with zero attached hydrogens (tertiary/aromatic N) is 2. The molecule has 2 rings (SSSR count). The van der Waals surface area contributed by atoms with Crippen LogP contribution in [0.2, 0.25) is 0 Å². The van der Waals surface area contributed by atoms with Crippen LogP contribution < -0.4 is 10.9 Å². The van der Waals surface area contributed by atoms with Gasteiger partial charge in [0, 0.05) is 18.6 Å². The molecule has 0 fully saturated rings. The van der Waals surface area contributed by atoms with E-state index in [1.807, 2.05) is 0 Å². The number of hydrogen-bond donors (Lipinski definition) is 3. The molecule has 6 heteroatoms. The lowest BCUT2D eigenvalue weighted by Crippen LogP contribution is -2.15. The smallest absolute Gasteiger partial charge is 0.290 e. The van der Waals surface area contributed by atoms with E-state index in [0.29, 0.717) is 12.4 Å². The first-order valence-corrected chi connectivity index (χ1v) is 4.11. The molecule has 6 nitrogen and oxygen atoms in total. The van der Waals surface area contributed by atoms with Crippen LogP contribution in [0.25, 0.3) is 0 Å². The Hall–Kier alpha value is -2.11. The predicted molar refractivity (Wildman–Crippen MR) is 50.8 cm³/mol. The number of aromatic amines is 2. The van der Waals surface area contributed by atoms with Crippen molar-refractivity contribution >= 4 is 5.82 Å². The van der Waals surface area contributed by atoms with Gasteiger partial charge >= 0.3 is 0 Å². The maximum Gasteiger partial charge on any atom is 0.290 e. The molecule has 0 spiro atoms. The Balaban J connectivity index is 2.06. The average molecular weight is 191 g/mol. The van der Waals surface area contributed by atoms with Gasteiger partial charge in [0.15, 0.2) is 5.82 Å². The molecule has 14 heavy (non-hydrogen) atoms. The van der Waals surface area contributed by atoms with Crippen molar-refractivity contribution in [3.63, 3.8) is 0 Å². The highest BCUT2D eigenvalue weighted by Crippen LogP contribution is 1.95. The summed E-state index contributed by atoms with van der Waals surface area (Å²) in [7, 11) is 0. The van der Waals surface area contributed by atoms with Gasteiger partial charge in [-0.1, -0.05) is 0 Å². The minimum Gasteiger partial charge on any atom is -0.360 e. The van der Waals surface area contributed by atoms with Crippen molar-refractivity contribution in [2.45, 2.75) is 6.54 Å². The number of imidazole rings is 1. The van der Waals surface area contributed by atoms with E-state index in [1.165, 1.54) is 12.4 Å². The van der Waals surface area contributed by atoms with E-state index in [1.54, 1.807) is 12.5 Å². The number of anilines is 1. The lowest BCUT2D eigenvalue weighted by atomic mass is 10.4. The van der Waals surface area contributed by atoms with Crippen molar-refractivity contribution in [1.82, 2.24) is 19.9 Å². The summed E-state index contributed by atoms with van der Waals surface area (Å²) in [6.07, 6.45) is 6.28. The zero-order valence-corrected chi connectivity index (χ0v) is 7.32. The summed E-state index contributed by atoms with van der Waals surface area (Å²) in [4.78, 5) is 24.4. The van der Waals surface area contributed by atoms with Gasteiger partial charge in [-0.3, -0.25) is 4.79 Å². The number of rotatable bonds is 3. The lowest BCUT2D eigenvalue weighted by Gasteiger charge is -2.00. The van der Waals surface area contributed by atoms with Gasteiger partial charge in [-0.2, -0.15) is 0 Å². The molecule has 2 aromatic rings. The summed E-state index contributed by atoms with van der Waals surface area (Å²) in [5.74, 6) is 0.308. The molecular weight excluding hydrogens is 182 g/mol. The molecule has 0 unspecified atom stereocenters. The summed E-state index contributed by atoms with van der Waals surface area (Å²) in [6.45, 7) is 0.500. The van der Waals surface area contributed by atoms with Crippen LogP contribution in [0.15, 0.2) is 29.7 Å². The third kappa shape index (κ3) is 1.79. The number of aromatic nitrogens is 4. The summed E-state index contributed by atoms with van der Waals surface area (Å²) in [5.41, 5.74) is 0.669. The second-order valence-electron chi connectivity index (χ2n) is 2.70. The topological polar surface area (TPSA) is 86.5 Å². The molecule has 0 aliphatic rings. The van der Waals surface area contributed by atoms with Crippen molar-refractivity contribution in [3.05, 3.63) is 41.0 Å². The molecule has 0 atom stereocenters. The van der Waals surface area contributed by atoms with Gasteiger partial charge < -0.3 is 15.3 Å². The van der Waals surface area contributed by atoms with Crippen LogP contribution in [0, 0.1) is 0 Å². The molecule has 0 bridgehead atoms. The van der Waals surface area contributed by atoms with E-state index in [2.05, 4.69) is 25.3 Å². The van der Waals surface area contributed by atoms with E-state index in [4.69, 9.17) is 0 Å². The third-order valence-electron chi connectivity index (χ3n) is 1.71. The fraction of sp³-hybridized carbons (Fsp3) is 0.125. The molecule has 0 aliphatic heterocycles. The second kappa shape index (κ2) is 3.73. The van der Waals surface area contributed by atoms with Crippen LogP contribution in [0.1, 0.15) is 5.69 Å². The summed E-state index contributed by atoms with van der Waals surface area (Å²) >= 11 is 0. The van der Waals surface area contributed by atoms with Gasteiger partial charge in [0.1, 0.15) is 0 Å². The van der Waals surface area contributed by atoms with Crippen molar-refractivity contribution in [1.29, 1.82) is 0 Å². The average Bonchev–Trinajstić information content (AvgIpc) is 2.69. The molecule has 0 saturated carbocycles. The van der Waals surface area contributed by atoms with Gasteiger partial charge in [0.25, 0.3) is 5.56 Å². The zero-order valence-electron chi connectivity index (χ0n) is 7.32. The molecule has 72 valence electrons. The minimum absolute atomic E-state index is 0.230. The van der Waals surface area contributed by atoms with E-state index in [9.17, 15) is 4.79 Å². The summed E-state index contributed by atoms with van der Waals surface area (Å²) in [5, 5.41) is 2.89. The normalized spacial score (nSPS) is 10.0. The minimum atomic E-state index is -0.230. The highest BCUT2D eigenvalue weighted by Gasteiger charge is 1.99. The first-order chi connectivity index (χ1) is 6.86. The van der Waals surface area contributed by atoms with Crippen molar-refractivity contribution in [2.24, 2.45) is 0 Å². The number of nitrogens with one attached hydrogen (secondary N) is 3. The molecule has 0 radical (unpaired) electrons. The van der Waals surface area contributed by atoms with Gasteiger partial charge in [-0.05, 0) is 0 Å². The molecule has 0 aromatic carbocycles. The standard InChI is InChI=1S/C8H9N5O/c14-8-7(10-1-2-11-8)12-4-6-3-9-5-13-6/h1-3,5H,4H2,(H,9,13)(H,10,12)(H,11,14). The van der Waals surface area contributed by atoms with Gasteiger partial charge in [0.05, 0.1) is 18.6 Å². The SMILES string of the molecule is O=c1[nH]ccnc1NCc1cnc[nH]1. The fourth-order valence-corrected chi connectivity index (χ4v) is 1.04. The highest BCUT2D eigenvalue weighted by molar-refractivity contribution is 5.30. The molecule has 0 amide bonds. The number of H-pyrrole nitrogens is 2. The molecule has 0 saturated heterocycles. The zero-order chi connectivity index (χ0) is 9.80. The van der Waals surface area contributed by atoms with Crippen LogP contribution >= 0.6 is 0 Å². The van der Waals surface area contributed by atoms with Crippen LogP contribution in [-0.4, -0.2) is 19.9 Å². The Morgan fingerprint density at radius 1 is 1.43 bits per heavy atom. The summed E-state index contributed by atoms with van der Waals surface area (Å²) < 4.78 is 0. The first kappa shape index (κ1) is 8.49. The van der Waals surface area contributed by atoms with Crippen molar-refractivity contribution in [2.75, 3.05) is 5.32 Å². The molecule has 2 heterocycles. The van der Waals surface area contributed by atoms with E-state index >= 15 is 0 Å². The maximum atomic E-state index is 11.2. The monoisotopic (exact) mass is 191 g/mol. The highest BCUT2D eigenvalue weighted by atomic mass is 16.1. The molecular formula is C8H9N5O. The lowest BCUT2D eigenvalue weighted by molar-refractivity contribution is 1.02. The molecule has 3 N–H and O–H groups in total. The Morgan fingerprint density at radius 2 is 2.36 bits per heavy atom. The van der Waals surface area contributed by atoms with Crippen LogP contribution in [0.5, 0.6) is 0 Å². The van der Waals surface area contributed by atoms with Crippen LogP contribution in [-0.2, 0) is 6.54 Å².